The van der Waals surface area contributed by atoms with Crippen molar-refractivity contribution in [1.29, 1.82) is 0 Å². The lowest BCUT2D eigenvalue weighted by molar-refractivity contribution is 0.649. The van der Waals surface area contributed by atoms with Gasteiger partial charge in [0, 0.05) is 27.5 Å². The molecule has 0 spiro atoms. The molecular formula is C57H46O. The smallest absolute Gasteiger partial charge is 0.135 e. The third-order valence-corrected chi connectivity index (χ3v) is 13.6. The summed E-state index contributed by atoms with van der Waals surface area (Å²) in [6.45, 7) is 9.61. The van der Waals surface area contributed by atoms with Crippen molar-refractivity contribution in [2.24, 2.45) is 0 Å². The van der Waals surface area contributed by atoms with Gasteiger partial charge in [-0.3, -0.25) is 0 Å². The standard InChI is InChI=1S/C57H46O/c1-56(2)50-16-10-8-14-44(50)45-29-24-41(34-52(45)56)43(27-20-36-18-21-38(22-19-36)39-26-31-55-49(32-39)48-15-9-11-17-54(48)58-55)42-25-30-47-46-28-23-40(37-12-6-5-7-13-37)33-51(46)57(3,4)53(47)35-42/h5-19,21-26,28-35,43H,20,27H2,1-4H3. The summed E-state index contributed by atoms with van der Waals surface area (Å²) in [7, 11) is 0. The molecule has 1 nitrogen and oxygen atoms in total. The first-order chi connectivity index (χ1) is 28.2. The summed E-state index contributed by atoms with van der Waals surface area (Å²) in [5.41, 5.74) is 22.0. The molecule has 1 unspecified atom stereocenters. The highest BCUT2D eigenvalue weighted by atomic mass is 16.3. The zero-order valence-electron chi connectivity index (χ0n) is 33.6. The number of rotatable bonds is 7. The molecule has 2 aliphatic rings. The topological polar surface area (TPSA) is 13.1 Å². The minimum Gasteiger partial charge on any atom is -0.456 e. The van der Waals surface area contributed by atoms with Gasteiger partial charge in [-0.05, 0) is 121 Å². The largest absolute Gasteiger partial charge is 0.456 e. The van der Waals surface area contributed by atoms with Crippen LogP contribution < -0.4 is 0 Å². The first-order valence-electron chi connectivity index (χ1n) is 20.8. The predicted octanol–water partition coefficient (Wildman–Crippen LogP) is 15.3. The highest BCUT2D eigenvalue weighted by Crippen LogP contribution is 2.52. The van der Waals surface area contributed by atoms with Crippen LogP contribution in [0.3, 0.4) is 0 Å². The Hall–Kier alpha value is -6.44. The van der Waals surface area contributed by atoms with E-state index in [4.69, 9.17) is 4.42 Å². The van der Waals surface area contributed by atoms with E-state index in [2.05, 4.69) is 191 Å². The highest BCUT2D eigenvalue weighted by molar-refractivity contribution is 6.06. The Balaban J connectivity index is 0.948. The average Bonchev–Trinajstić information content (AvgIpc) is 3.83. The van der Waals surface area contributed by atoms with Crippen LogP contribution in [0.15, 0.2) is 180 Å². The molecular weight excluding hydrogens is 701 g/mol. The van der Waals surface area contributed by atoms with Gasteiger partial charge in [-0.1, -0.05) is 179 Å². The molecule has 9 aromatic rings. The molecule has 1 heterocycles. The van der Waals surface area contributed by atoms with E-state index >= 15 is 0 Å². The summed E-state index contributed by atoms with van der Waals surface area (Å²) in [6.07, 6.45) is 2.00. The normalized spacial score (nSPS) is 14.9. The second kappa shape index (κ2) is 13.0. The fourth-order valence-electron chi connectivity index (χ4n) is 10.3. The first-order valence-corrected chi connectivity index (χ1v) is 20.8. The van der Waals surface area contributed by atoms with E-state index in [0.29, 0.717) is 0 Å². The molecule has 2 aliphatic carbocycles. The van der Waals surface area contributed by atoms with Crippen LogP contribution in [0.1, 0.15) is 79.0 Å². The minimum atomic E-state index is -0.112. The molecule has 0 N–H and O–H groups in total. The summed E-state index contributed by atoms with van der Waals surface area (Å²) in [5.74, 6) is 0.242. The van der Waals surface area contributed by atoms with Crippen LogP contribution in [0.4, 0.5) is 0 Å². The van der Waals surface area contributed by atoms with Crippen LogP contribution in [0.2, 0.25) is 0 Å². The molecule has 0 aliphatic heterocycles. The van der Waals surface area contributed by atoms with Gasteiger partial charge in [0.1, 0.15) is 11.2 Å². The molecule has 280 valence electrons. The van der Waals surface area contributed by atoms with Crippen molar-refractivity contribution in [2.45, 2.75) is 57.3 Å². The molecule has 11 rings (SSSR count). The third-order valence-electron chi connectivity index (χ3n) is 13.6. The zero-order chi connectivity index (χ0) is 39.2. The van der Waals surface area contributed by atoms with Gasteiger partial charge in [-0.2, -0.15) is 0 Å². The molecule has 0 saturated carbocycles. The van der Waals surface area contributed by atoms with Gasteiger partial charge in [0.2, 0.25) is 0 Å². The summed E-state index contributed by atoms with van der Waals surface area (Å²) in [5, 5.41) is 2.33. The maximum Gasteiger partial charge on any atom is 0.135 e. The summed E-state index contributed by atoms with van der Waals surface area (Å²) in [4.78, 5) is 0. The molecule has 58 heavy (non-hydrogen) atoms. The van der Waals surface area contributed by atoms with Crippen molar-refractivity contribution in [1.82, 2.24) is 0 Å². The van der Waals surface area contributed by atoms with Crippen molar-refractivity contribution < 1.29 is 4.42 Å². The van der Waals surface area contributed by atoms with Crippen LogP contribution in [-0.4, -0.2) is 0 Å². The van der Waals surface area contributed by atoms with Crippen molar-refractivity contribution in [2.75, 3.05) is 0 Å². The van der Waals surface area contributed by atoms with E-state index in [1.54, 1.807) is 0 Å². The van der Waals surface area contributed by atoms with E-state index in [1.807, 2.05) is 12.1 Å². The fourth-order valence-corrected chi connectivity index (χ4v) is 10.3. The van der Waals surface area contributed by atoms with Crippen molar-refractivity contribution in [3.8, 4) is 44.5 Å². The van der Waals surface area contributed by atoms with Gasteiger partial charge in [-0.15, -0.1) is 0 Å². The molecule has 0 bridgehead atoms. The Morgan fingerprint density at radius 2 is 0.914 bits per heavy atom. The molecule has 1 atom stereocenters. The summed E-state index contributed by atoms with van der Waals surface area (Å²) >= 11 is 0. The highest BCUT2D eigenvalue weighted by Gasteiger charge is 2.38. The Bertz CT molecular complexity index is 3050. The fraction of sp³-hybridized carbons (Fsp3) is 0.158. The molecule has 0 amide bonds. The molecule has 0 radical (unpaired) electrons. The van der Waals surface area contributed by atoms with Gasteiger partial charge in [0.15, 0.2) is 0 Å². The Morgan fingerprint density at radius 1 is 0.397 bits per heavy atom. The third kappa shape index (κ3) is 5.44. The Morgan fingerprint density at radius 3 is 1.66 bits per heavy atom. The molecule has 1 heteroatoms. The van der Waals surface area contributed by atoms with E-state index < -0.39 is 0 Å². The predicted molar refractivity (Wildman–Crippen MR) is 243 cm³/mol. The van der Waals surface area contributed by atoms with E-state index in [1.165, 1.54) is 83.5 Å². The van der Waals surface area contributed by atoms with Gasteiger partial charge in [0.05, 0.1) is 0 Å². The van der Waals surface area contributed by atoms with Crippen LogP contribution in [0.25, 0.3) is 66.4 Å². The van der Waals surface area contributed by atoms with Crippen LogP contribution >= 0.6 is 0 Å². The number of aryl methyl sites for hydroxylation is 1. The summed E-state index contributed by atoms with van der Waals surface area (Å²) in [6, 6.07) is 65.7. The monoisotopic (exact) mass is 746 g/mol. The Kier molecular flexibility index (Phi) is 7.82. The molecule has 0 saturated heterocycles. The molecule has 0 fully saturated rings. The quantitative estimate of drug-likeness (QED) is 0.158. The lowest BCUT2D eigenvalue weighted by atomic mass is 9.77. The molecule has 8 aromatic carbocycles. The zero-order valence-corrected chi connectivity index (χ0v) is 33.6. The van der Waals surface area contributed by atoms with Crippen molar-refractivity contribution in [3.63, 3.8) is 0 Å². The second-order valence-corrected chi connectivity index (χ2v) is 17.6. The van der Waals surface area contributed by atoms with E-state index in [9.17, 15) is 0 Å². The number of hydrogen-bond acceptors (Lipinski definition) is 1. The van der Waals surface area contributed by atoms with Gasteiger partial charge in [-0.25, -0.2) is 0 Å². The maximum atomic E-state index is 6.12. The Labute approximate surface area is 341 Å². The lowest BCUT2D eigenvalue weighted by Gasteiger charge is -2.26. The van der Waals surface area contributed by atoms with Crippen molar-refractivity contribution >= 4 is 21.9 Å². The first kappa shape index (κ1) is 34.8. The average molecular weight is 747 g/mol. The number of fused-ring (bicyclic) bond motifs is 9. The molecule has 1 aromatic heterocycles. The van der Waals surface area contributed by atoms with Crippen LogP contribution in [-0.2, 0) is 17.3 Å². The van der Waals surface area contributed by atoms with E-state index in [-0.39, 0.29) is 16.7 Å². The second-order valence-electron chi connectivity index (χ2n) is 17.6. The van der Waals surface area contributed by atoms with Gasteiger partial charge < -0.3 is 4.42 Å². The van der Waals surface area contributed by atoms with E-state index in [0.717, 1.165) is 34.8 Å². The maximum absolute atomic E-state index is 6.12. The van der Waals surface area contributed by atoms with Crippen LogP contribution in [0, 0.1) is 0 Å². The number of para-hydroxylation sites is 1. The van der Waals surface area contributed by atoms with Gasteiger partial charge >= 0.3 is 0 Å². The number of hydrogen-bond donors (Lipinski definition) is 0. The minimum absolute atomic E-state index is 0.0495. The summed E-state index contributed by atoms with van der Waals surface area (Å²) < 4.78 is 6.12. The number of furan rings is 1. The van der Waals surface area contributed by atoms with Crippen LogP contribution in [0.5, 0.6) is 0 Å². The number of benzene rings is 8. The lowest BCUT2D eigenvalue weighted by Crippen LogP contribution is -2.17. The van der Waals surface area contributed by atoms with Gasteiger partial charge in [0.25, 0.3) is 0 Å². The SMILES string of the molecule is CC1(C)c2ccccc2-c2ccc(C(CCc3ccc(-c4ccc5oc6ccccc6c5c4)cc3)c3ccc4c(c3)C(C)(C)c3cc(-c5ccccc5)ccc3-4)cc21. The van der Waals surface area contributed by atoms with Crippen molar-refractivity contribution in [3.05, 3.63) is 215 Å².